The summed E-state index contributed by atoms with van der Waals surface area (Å²) in [6, 6.07) is 9.29. The van der Waals surface area contributed by atoms with E-state index >= 15 is 0 Å². The second kappa shape index (κ2) is 7.94. The first-order valence-electron chi connectivity index (χ1n) is 8.39. The van der Waals surface area contributed by atoms with E-state index in [0.717, 1.165) is 35.7 Å². The molecule has 2 amide bonds. The number of aromatic nitrogens is 2. The molecule has 0 radical (unpaired) electrons. The fraction of sp³-hybridized carbons (Fsp3) is 0.389. The van der Waals surface area contributed by atoms with Crippen molar-refractivity contribution in [2.24, 2.45) is 0 Å². The number of carbonyl (C=O) groups excluding carboxylic acids is 1. The summed E-state index contributed by atoms with van der Waals surface area (Å²) >= 11 is 0. The molecule has 1 fully saturated rings. The zero-order chi connectivity index (χ0) is 17.6. The number of anilines is 2. The molecule has 0 aliphatic carbocycles. The Balaban J connectivity index is 1.59. The summed E-state index contributed by atoms with van der Waals surface area (Å²) in [6.45, 7) is 7.22. The molecule has 0 unspecified atom stereocenters. The van der Waals surface area contributed by atoms with Crippen molar-refractivity contribution in [1.82, 2.24) is 15.3 Å². The average Bonchev–Trinajstić information content (AvgIpc) is 2.62. The second-order valence-corrected chi connectivity index (χ2v) is 6.07. The molecular formula is C18H23N5O2. The van der Waals surface area contributed by atoms with Gasteiger partial charge in [-0.3, -0.25) is 0 Å². The van der Waals surface area contributed by atoms with Gasteiger partial charge in [-0.25, -0.2) is 14.8 Å². The zero-order valence-electron chi connectivity index (χ0n) is 14.6. The van der Waals surface area contributed by atoms with Gasteiger partial charge >= 0.3 is 6.03 Å². The molecule has 2 heterocycles. The van der Waals surface area contributed by atoms with Crippen LogP contribution in [0.15, 0.2) is 30.3 Å². The Kier molecular flexibility index (Phi) is 5.45. The van der Waals surface area contributed by atoms with Gasteiger partial charge in [0, 0.05) is 24.5 Å². The fourth-order valence-corrected chi connectivity index (χ4v) is 2.60. The molecule has 0 spiro atoms. The van der Waals surface area contributed by atoms with Crippen LogP contribution < -0.4 is 15.5 Å². The Morgan fingerprint density at radius 1 is 1.16 bits per heavy atom. The van der Waals surface area contributed by atoms with E-state index in [1.807, 2.05) is 44.2 Å². The average molecular weight is 341 g/mol. The molecule has 1 saturated heterocycles. The van der Waals surface area contributed by atoms with Crippen molar-refractivity contribution >= 4 is 17.7 Å². The maximum absolute atomic E-state index is 12.0. The summed E-state index contributed by atoms with van der Waals surface area (Å²) in [6.07, 6.45) is 0. The predicted molar refractivity (Wildman–Crippen MR) is 96.8 cm³/mol. The Morgan fingerprint density at radius 2 is 1.88 bits per heavy atom. The van der Waals surface area contributed by atoms with E-state index in [-0.39, 0.29) is 6.03 Å². The van der Waals surface area contributed by atoms with Crippen LogP contribution in [-0.2, 0) is 11.3 Å². The predicted octanol–water partition coefficient (Wildman–Crippen LogP) is 2.25. The van der Waals surface area contributed by atoms with Gasteiger partial charge in [-0.15, -0.1) is 0 Å². The highest BCUT2D eigenvalue weighted by Crippen LogP contribution is 2.12. The number of nitrogens with one attached hydrogen (secondary N) is 2. The first kappa shape index (κ1) is 17.2. The van der Waals surface area contributed by atoms with Gasteiger partial charge in [0.1, 0.15) is 0 Å². The molecule has 1 aromatic heterocycles. The molecule has 25 heavy (non-hydrogen) atoms. The van der Waals surface area contributed by atoms with Crippen LogP contribution in [0.2, 0.25) is 0 Å². The van der Waals surface area contributed by atoms with Gasteiger partial charge in [0.2, 0.25) is 5.95 Å². The number of ether oxygens (including phenoxy) is 1. The van der Waals surface area contributed by atoms with Gasteiger partial charge in [0.25, 0.3) is 0 Å². The van der Waals surface area contributed by atoms with E-state index in [0.29, 0.717) is 25.7 Å². The van der Waals surface area contributed by atoms with Gasteiger partial charge in [-0.1, -0.05) is 17.7 Å². The van der Waals surface area contributed by atoms with Crippen LogP contribution in [-0.4, -0.2) is 42.3 Å². The standard InChI is InChI=1S/C18H23N5O2/c1-13-3-5-15(6-4-13)22-18(24)19-12-16-11-14(2)20-17(21-16)23-7-9-25-10-8-23/h3-6,11H,7-10,12H2,1-2H3,(H2,19,22,24). The summed E-state index contributed by atoms with van der Waals surface area (Å²) in [7, 11) is 0. The van der Waals surface area contributed by atoms with E-state index in [9.17, 15) is 4.79 Å². The highest BCUT2D eigenvalue weighted by atomic mass is 16.5. The van der Waals surface area contributed by atoms with E-state index in [1.54, 1.807) is 0 Å². The van der Waals surface area contributed by atoms with Crippen LogP contribution in [0.5, 0.6) is 0 Å². The molecule has 2 N–H and O–H groups in total. The first-order valence-corrected chi connectivity index (χ1v) is 8.39. The lowest BCUT2D eigenvalue weighted by molar-refractivity contribution is 0.122. The number of amides is 2. The van der Waals surface area contributed by atoms with E-state index in [4.69, 9.17) is 4.74 Å². The second-order valence-electron chi connectivity index (χ2n) is 6.07. The molecule has 7 nitrogen and oxygen atoms in total. The lowest BCUT2D eigenvalue weighted by Gasteiger charge is -2.27. The Bertz CT molecular complexity index is 727. The molecule has 1 aliphatic rings. The number of hydrogen-bond donors (Lipinski definition) is 2. The third kappa shape index (κ3) is 4.90. The van der Waals surface area contributed by atoms with Crippen LogP contribution in [0.25, 0.3) is 0 Å². The SMILES string of the molecule is Cc1ccc(NC(=O)NCc2cc(C)nc(N3CCOCC3)n2)cc1. The van der Waals surface area contributed by atoms with Crippen molar-refractivity contribution in [3.05, 3.63) is 47.3 Å². The van der Waals surface area contributed by atoms with Crippen LogP contribution in [0.1, 0.15) is 17.0 Å². The first-order chi connectivity index (χ1) is 12.1. The van der Waals surface area contributed by atoms with Gasteiger partial charge in [-0.05, 0) is 32.0 Å². The van der Waals surface area contributed by atoms with Crippen molar-refractivity contribution in [1.29, 1.82) is 0 Å². The minimum atomic E-state index is -0.256. The minimum Gasteiger partial charge on any atom is -0.378 e. The lowest BCUT2D eigenvalue weighted by Crippen LogP contribution is -2.37. The van der Waals surface area contributed by atoms with Gasteiger partial charge in [0.05, 0.1) is 25.5 Å². The number of morpholine rings is 1. The highest BCUT2D eigenvalue weighted by Gasteiger charge is 2.15. The van der Waals surface area contributed by atoms with Crippen molar-refractivity contribution in [3.8, 4) is 0 Å². The van der Waals surface area contributed by atoms with Crippen molar-refractivity contribution in [3.63, 3.8) is 0 Å². The van der Waals surface area contributed by atoms with Crippen LogP contribution >= 0.6 is 0 Å². The minimum absolute atomic E-state index is 0.256. The van der Waals surface area contributed by atoms with E-state index in [1.165, 1.54) is 0 Å². The van der Waals surface area contributed by atoms with E-state index in [2.05, 4.69) is 25.5 Å². The monoisotopic (exact) mass is 341 g/mol. The van der Waals surface area contributed by atoms with Crippen LogP contribution in [0.4, 0.5) is 16.4 Å². The number of benzene rings is 1. The Labute approximate surface area is 147 Å². The van der Waals surface area contributed by atoms with Crippen LogP contribution in [0, 0.1) is 13.8 Å². The summed E-state index contributed by atoms with van der Waals surface area (Å²) in [4.78, 5) is 23.2. The quantitative estimate of drug-likeness (QED) is 0.892. The molecule has 0 atom stereocenters. The fourth-order valence-electron chi connectivity index (χ4n) is 2.60. The van der Waals surface area contributed by atoms with Crippen molar-refractivity contribution in [2.45, 2.75) is 20.4 Å². The van der Waals surface area contributed by atoms with E-state index < -0.39 is 0 Å². The normalized spacial score (nSPS) is 14.2. The van der Waals surface area contributed by atoms with Gasteiger partial charge < -0.3 is 20.3 Å². The molecular weight excluding hydrogens is 318 g/mol. The number of hydrogen-bond acceptors (Lipinski definition) is 5. The maximum atomic E-state index is 12.0. The molecule has 0 bridgehead atoms. The molecule has 132 valence electrons. The molecule has 1 aromatic carbocycles. The summed E-state index contributed by atoms with van der Waals surface area (Å²) in [5.74, 6) is 0.694. The molecule has 1 aliphatic heterocycles. The lowest BCUT2D eigenvalue weighted by atomic mass is 10.2. The summed E-state index contributed by atoms with van der Waals surface area (Å²) in [5.41, 5.74) is 3.58. The number of carbonyl (C=O) groups is 1. The Hall–Kier alpha value is -2.67. The van der Waals surface area contributed by atoms with Crippen LogP contribution in [0.3, 0.4) is 0 Å². The van der Waals surface area contributed by atoms with Crippen molar-refractivity contribution < 1.29 is 9.53 Å². The summed E-state index contributed by atoms with van der Waals surface area (Å²) < 4.78 is 5.36. The number of aryl methyl sites for hydroxylation is 2. The number of rotatable bonds is 4. The Morgan fingerprint density at radius 3 is 2.60 bits per heavy atom. The molecule has 0 saturated carbocycles. The molecule has 2 aromatic rings. The molecule has 7 heteroatoms. The molecule has 3 rings (SSSR count). The van der Waals surface area contributed by atoms with Gasteiger partial charge in [-0.2, -0.15) is 0 Å². The third-order valence-electron chi connectivity index (χ3n) is 3.93. The van der Waals surface area contributed by atoms with Crippen molar-refractivity contribution in [2.75, 3.05) is 36.5 Å². The summed E-state index contributed by atoms with van der Waals surface area (Å²) in [5, 5.41) is 5.65. The van der Waals surface area contributed by atoms with Gasteiger partial charge in [0.15, 0.2) is 0 Å². The largest absolute Gasteiger partial charge is 0.378 e. The topological polar surface area (TPSA) is 79.4 Å². The number of urea groups is 1. The maximum Gasteiger partial charge on any atom is 0.319 e. The smallest absolute Gasteiger partial charge is 0.319 e. The zero-order valence-corrected chi connectivity index (χ0v) is 14.6. The third-order valence-corrected chi connectivity index (χ3v) is 3.93. The number of nitrogens with zero attached hydrogens (tertiary/aromatic N) is 3. The highest BCUT2D eigenvalue weighted by molar-refractivity contribution is 5.89.